The minimum absolute atomic E-state index is 0.123. The topological polar surface area (TPSA) is 72.8 Å². The van der Waals surface area contributed by atoms with Crippen LogP contribution in [0.5, 0.6) is 0 Å². The second-order valence-corrected chi connectivity index (χ2v) is 5.79. The minimum atomic E-state index is -0.338. The van der Waals surface area contributed by atoms with Crippen LogP contribution in [0.3, 0.4) is 0 Å². The summed E-state index contributed by atoms with van der Waals surface area (Å²) in [7, 11) is 0. The van der Waals surface area contributed by atoms with E-state index in [1.54, 1.807) is 6.92 Å². The molecule has 0 atom stereocenters. The molecule has 0 aliphatic heterocycles. The molecular weight excluding hydrogens is 296 g/mol. The Kier molecular flexibility index (Phi) is 14.6. The Hall–Kier alpha value is -1.36. The van der Waals surface area contributed by atoms with Gasteiger partial charge in [0.05, 0.1) is 13.2 Å². The second-order valence-electron chi connectivity index (χ2n) is 5.79. The summed E-state index contributed by atoms with van der Waals surface area (Å²) in [6.45, 7) is 6.28. The lowest BCUT2D eigenvalue weighted by atomic mass is 10.1. The van der Waals surface area contributed by atoms with E-state index in [9.17, 15) is 9.59 Å². The van der Waals surface area contributed by atoms with E-state index in [2.05, 4.69) is 6.58 Å². The summed E-state index contributed by atoms with van der Waals surface area (Å²) in [6.07, 6.45) is 8.85. The zero-order chi connectivity index (χ0) is 17.3. The highest BCUT2D eigenvalue weighted by molar-refractivity contribution is 5.86. The first-order chi connectivity index (χ1) is 11.1. The van der Waals surface area contributed by atoms with Crippen molar-refractivity contribution in [2.45, 2.75) is 71.1 Å². The summed E-state index contributed by atoms with van der Waals surface area (Å²) in [6, 6.07) is 0. The Labute approximate surface area is 140 Å². The number of aliphatic hydroxyl groups is 1. The first-order valence-electron chi connectivity index (χ1n) is 8.67. The van der Waals surface area contributed by atoms with Gasteiger partial charge in [-0.25, -0.2) is 4.79 Å². The lowest BCUT2D eigenvalue weighted by molar-refractivity contribution is -0.144. The molecule has 0 bridgehead atoms. The molecule has 1 N–H and O–H groups in total. The summed E-state index contributed by atoms with van der Waals surface area (Å²) in [5, 5.41) is 8.65. The van der Waals surface area contributed by atoms with Gasteiger partial charge in [0.2, 0.25) is 0 Å². The van der Waals surface area contributed by atoms with Crippen molar-refractivity contribution >= 4 is 11.9 Å². The SMILES string of the molecule is C=C(C)C(=O)OCCCCCCOC(=O)CCCCCCCO. The second kappa shape index (κ2) is 15.5. The van der Waals surface area contributed by atoms with Crippen molar-refractivity contribution in [3.05, 3.63) is 12.2 Å². The van der Waals surface area contributed by atoms with Crippen LogP contribution in [0.25, 0.3) is 0 Å². The van der Waals surface area contributed by atoms with Crippen molar-refractivity contribution < 1.29 is 24.2 Å². The van der Waals surface area contributed by atoms with Crippen LogP contribution in [0.15, 0.2) is 12.2 Å². The quantitative estimate of drug-likeness (QED) is 0.283. The van der Waals surface area contributed by atoms with Crippen molar-refractivity contribution in [3.63, 3.8) is 0 Å². The molecule has 0 fully saturated rings. The summed E-state index contributed by atoms with van der Waals surface area (Å²) in [4.78, 5) is 22.6. The van der Waals surface area contributed by atoms with Crippen LogP contribution in [0, 0.1) is 0 Å². The molecule has 0 aromatic rings. The zero-order valence-electron chi connectivity index (χ0n) is 14.5. The van der Waals surface area contributed by atoms with E-state index >= 15 is 0 Å². The van der Waals surface area contributed by atoms with Gasteiger partial charge in [-0.3, -0.25) is 4.79 Å². The van der Waals surface area contributed by atoms with Crippen LogP contribution < -0.4 is 0 Å². The molecule has 0 saturated heterocycles. The molecule has 0 aliphatic carbocycles. The summed E-state index contributed by atoms with van der Waals surface area (Å²) >= 11 is 0. The molecule has 0 radical (unpaired) electrons. The molecule has 0 unspecified atom stereocenters. The van der Waals surface area contributed by atoms with Gasteiger partial charge in [-0.15, -0.1) is 0 Å². The summed E-state index contributed by atoms with van der Waals surface area (Å²) in [5.74, 6) is -0.460. The predicted molar refractivity (Wildman–Crippen MR) is 90.0 cm³/mol. The summed E-state index contributed by atoms with van der Waals surface area (Å²) in [5.41, 5.74) is 0.422. The molecule has 134 valence electrons. The number of unbranched alkanes of at least 4 members (excludes halogenated alkanes) is 7. The fourth-order valence-corrected chi connectivity index (χ4v) is 2.02. The number of aliphatic hydroxyl groups excluding tert-OH is 1. The van der Waals surface area contributed by atoms with E-state index < -0.39 is 0 Å². The number of carbonyl (C=O) groups is 2. The van der Waals surface area contributed by atoms with Crippen LogP contribution in [0.4, 0.5) is 0 Å². The van der Waals surface area contributed by atoms with Crippen molar-refractivity contribution in [1.82, 2.24) is 0 Å². The van der Waals surface area contributed by atoms with Gasteiger partial charge in [-0.05, 0) is 45.4 Å². The third-order valence-electron chi connectivity index (χ3n) is 3.42. The maximum Gasteiger partial charge on any atom is 0.333 e. The lowest BCUT2D eigenvalue weighted by Gasteiger charge is -2.06. The smallest absolute Gasteiger partial charge is 0.333 e. The lowest BCUT2D eigenvalue weighted by Crippen LogP contribution is -2.07. The van der Waals surface area contributed by atoms with Crippen LogP contribution >= 0.6 is 0 Å². The molecule has 5 nitrogen and oxygen atoms in total. The normalized spacial score (nSPS) is 10.3. The number of carbonyl (C=O) groups excluding carboxylic acids is 2. The molecule has 0 aromatic heterocycles. The molecule has 5 heteroatoms. The van der Waals surface area contributed by atoms with E-state index in [0.717, 1.165) is 57.8 Å². The van der Waals surface area contributed by atoms with Gasteiger partial charge in [0.15, 0.2) is 0 Å². The third-order valence-corrected chi connectivity index (χ3v) is 3.42. The average molecular weight is 328 g/mol. The number of ether oxygens (including phenoxy) is 2. The van der Waals surface area contributed by atoms with Gasteiger partial charge in [-0.1, -0.05) is 25.8 Å². The zero-order valence-corrected chi connectivity index (χ0v) is 14.5. The predicted octanol–water partition coefficient (Wildman–Crippen LogP) is 3.54. The Morgan fingerprint density at radius 2 is 1.35 bits per heavy atom. The average Bonchev–Trinajstić information content (AvgIpc) is 2.52. The Bertz CT molecular complexity index is 338. The molecular formula is C18H32O5. The largest absolute Gasteiger partial charge is 0.466 e. The highest BCUT2D eigenvalue weighted by Crippen LogP contribution is 2.07. The molecule has 0 heterocycles. The molecule has 0 aliphatic rings. The molecule has 0 saturated carbocycles. The number of esters is 2. The molecule has 0 spiro atoms. The van der Waals surface area contributed by atoms with Crippen LogP contribution in [0.1, 0.15) is 71.1 Å². The Balaban J connectivity index is 3.26. The van der Waals surface area contributed by atoms with Gasteiger partial charge in [0.25, 0.3) is 0 Å². The molecule has 0 amide bonds. The molecule has 0 aromatic carbocycles. The first-order valence-corrected chi connectivity index (χ1v) is 8.67. The van der Waals surface area contributed by atoms with Gasteiger partial charge in [0, 0.05) is 18.6 Å². The molecule has 0 rings (SSSR count). The van der Waals surface area contributed by atoms with Crippen molar-refractivity contribution in [3.8, 4) is 0 Å². The molecule has 23 heavy (non-hydrogen) atoms. The number of rotatable bonds is 15. The van der Waals surface area contributed by atoms with E-state index in [-0.39, 0.29) is 18.5 Å². The van der Waals surface area contributed by atoms with Crippen LogP contribution in [-0.2, 0) is 19.1 Å². The van der Waals surface area contributed by atoms with E-state index in [1.165, 1.54) is 0 Å². The minimum Gasteiger partial charge on any atom is -0.466 e. The van der Waals surface area contributed by atoms with E-state index in [1.807, 2.05) is 0 Å². The van der Waals surface area contributed by atoms with Crippen molar-refractivity contribution in [1.29, 1.82) is 0 Å². The maximum atomic E-state index is 11.5. The van der Waals surface area contributed by atoms with Gasteiger partial charge in [0.1, 0.15) is 0 Å². The fourth-order valence-electron chi connectivity index (χ4n) is 2.02. The van der Waals surface area contributed by atoms with Gasteiger partial charge < -0.3 is 14.6 Å². The third kappa shape index (κ3) is 15.3. The standard InChI is InChI=1S/C18H32O5/c1-16(2)18(21)23-15-11-7-6-10-14-22-17(20)12-8-4-3-5-9-13-19/h19H,1,3-15H2,2H3. The maximum absolute atomic E-state index is 11.5. The highest BCUT2D eigenvalue weighted by Gasteiger charge is 2.03. The Morgan fingerprint density at radius 1 is 0.826 bits per heavy atom. The van der Waals surface area contributed by atoms with Gasteiger partial charge in [-0.2, -0.15) is 0 Å². The monoisotopic (exact) mass is 328 g/mol. The summed E-state index contributed by atoms with van der Waals surface area (Å²) < 4.78 is 10.2. The van der Waals surface area contributed by atoms with Gasteiger partial charge >= 0.3 is 11.9 Å². The highest BCUT2D eigenvalue weighted by atomic mass is 16.5. The first kappa shape index (κ1) is 21.6. The number of hydrogen-bond acceptors (Lipinski definition) is 5. The van der Waals surface area contributed by atoms with E-state index in [0.29, 0.717) is 25.2 Å². The van der Waals surface area contributed by atoms with Crippen molar-refractivity contribution in [2.75, 3.05) is 19.8 Å². The number of hydrogen-bond donors (Lipinski definition) is 1. The Morgan fingerprint density at radius 3 is 1.96 bits per heavy atom. The van der Waals surface area contributed by atoms with E-state index in [4.69, 9.17) is 14.6 Å². The van der Waals surface area contributed by atoms with Crippen molar-refractivity contribution in [2.24, 2.45) is 0 Å². The van der Waals surface area contributed by atoms with Crippen LogP contribution in [-0.4, -0.2) is 36.9 Å². The van der Waals surface area contributed by atoms with Crippen LogP contribution in [0.2, 0.25) is 0 Å². The fraction of sp³-hybridized carbons (Fsp3) is 0.778.